The second-order valence-corrected chi connectivity index (χ2v) is 3.65. The summed E-state index contributed by atoms with van der Waals surface area (Å²) < 4.78 is 5.03. The minimum Gasteiger partial charge on any atom is -0.410 e. The number of benzene rings is 1. The SMILES string of the molecule is CNC(=O)Oc1ccc2c(c1)[C@H](N)CC2. The first-order valence-corrected chi connectivity index (χ1v) is 4.98. The number of carbonyl (C=O) groups excluding carboxylic acids is 1. The van der Waals surface area contributed by atoms with E-state index in [4.69, 9.17) is 10.5 Å². The number of ether oxygens (including phenoxy) is 1. The standard InChI is InChI=1S/C11H14N2O2/c1-13-11(14)15-8-4-2-7-3-5-10(12)9(7)6-8/h2,4,6,10H,3,5,12H2,1H3,(H,13,14)/t10-/m1/s1. The van der Waals surface area contributed by atoms with Gasteiger partial charge in [0.05, 0.1) is 0 Å². The molecule has 1 aliphatic rings. The van der Waals surface area contributed by atoms with E-state index in [2.05, 4.69) is 5.32 Å². The van der Waals surface area contributed by atoms with Crippen LogP contribution in [0.1, 0.15) is 23.6 Å². The summed E-state index contributed by atoms with van der Waals surface area (Å²) in [6, 6.07) is 5.70. The molecule has 1 amide bonds. The average Bonchev–Trinajstić information content (AvgIpc) is 2.60. The van der Waals surface area contributed by atoms with Gasteiger partial charge in [-0.25, -0.2) is 4.79 Å². The lowest BCUT2D eigenvalue weighted by molar-refractivity contribution is 0.203. The third-order valence-corrected chi connectivity index (χ3v) is 2.66. The zero-order valence-electron chi connectivity index (χ0n) is 8.62. The molecule has 4 heteroatoms. The van der Waals surface area contributed by atoms with Crippen molar-refractivity contribution in [3.63, 3.8) is 0 Å². The van der Waals surface area contributed by atoms with E-state index in [9.17, 15) is 4.79 Å². The van der Waals surface area contributed by atoms with Crippen LogP contribution in [0.15, 0.2) is 18.2 Å². The van der Waals surface area contributed by atoms with Gasteiger partial charge in [-0.2, -0.15) is 0 Å². The van der Waals surface area contributed by atoms with E-state index < -0.39 is 6.09 Å². The number of nitrogens with two attached hydrogens (primary N) is 1. The zero-order chi connectivity index (χ0) is 10.8. The highest BCUT2D eigenvalue weighted by Crippen LogP contribution is 2.31. The molecular formula is C11H14N2O2. The van der Waals surface area contributed by atoms with E-state index in [-0.39, 0.29) is 6.04 Å². The maximum Gasteiger partial charge on any atom is 0.412 e. The second-order valence-electron chi connectivity index (χ2n) is 3.65. The van der Waals surface area contributed by atoms with Gasteiger partial charge in [0, 0.05) is 13.1 Å². The van der Waals surface area contributed by atoms with Crippen LogP contribution in [0.3, 0.4) is 0 Å². The summed E-state index contributed by atoms with van der Waals surface area (Å²) in [5.74, 6) is 0.547. The Hall–Kier alpha value is -1.55. The summed E-state index contributed by atoms with van der Waals surface area (Å²) in [4.78, 5) is 11.0. The van der Waals surface area contributed by atoms with Crippen molar-refractivity contribution in [3.05, 3.63) is 29.3 Å². The molecule has 0 aliphatic heterocycles. The van der Waals surface area contributed by atoms with E-state index in [0.29, 0.717) is 5.75 Å². The molecule has 80 valence electrons. The molecule has 0 bridgehead atoms. The highest BCUT2D eigenvalue weighted by Gasteiger charge is 2.19. The summed E-state index contributed by atoms with van der Waals surface area (Å²) in [5, 5.41) is 2.40. The van der Waals surface area contributed by atoms with Gasteiger partial charge in [0.15, 0.2) is 0 Å². The van der Waals surface area contributed by atoms with Gasteiger partial charge < -0.3 is 15.8 Å². The van der Waals surface area contributed by atoms with Crippen molar-refractivity contribution in [2.24, 2.45) is 5.73 Å². The van der Waals surface area contributed by atoms with Gasteiger partial charge in [-0.1, -0.05) is 6.07 Å². The molecule has 3 N–H and O–H groups in total. The molecule has 0 saturated heterocycles. The molecule has 4 nitrogen and oxygen atoms in total. The van der Waals surface area contributed by atoms with Gasteiger partial charge in [0.1, 0.15) is 5.75 Å². The molecule has 0 unspecified atom stereocenters. The number of amides is 1. The lowest BCUT2D eigenvalue weighted by Gasteiger charge is -2.08. The predicted octanol–water partition coefficient (Wildman–Crippen LogP) is 1.35. The minimum absolute atomic E-state index is 0.0771. The maximum atomic E-state index is 11.0. The van der Waals surface area contributed by atoms with E-state index in [0.717, 1.165) is 18.4 Å². The van der Waals surface area contributed by atoms with Crippen molar-refractivity contribution < 1.29 is 9.53 Å². The Morgan fingerprint density at radius 1 is 1.60 bits per heavy atom. The summed E-state index contributed by atoms with van der Waals surface area (Å²) in [6.45, 7) is 0. The number of fused-ring (bicyclic) bond motifs is 1. The molecule has 1 aromatic carbocycles. The number of aryl methyl sites for hydroxylation is 1. The molecule has 0 aromatic heterocycles. The van der Waals surface area contributed by atoms with Crippen LogP contribution in [0.5, 0.6) is 5.75 Å². The fraction of sp³-hybridized carbons (Fsp3) is 0.364. The van der Waals surface area contributed by atoms with Crippen LogP contribution in [0.2, 0.25) is 0 Å². The summed E-state index contributed by atoms with van der Waals surface area (Å²) >= 11 is 0. The van der Waals surface area contributed by atoms with Crippen molar-refractivity contribution in [3.8, 4) is 5.75 Å². The van der Waals surface area contributed by atoms with Crippen molar-refractivity contribution in [2.75, 3.05) is 7.05 Å². The highest BCUT2D eigenvalue weighted by molar-refractivity contribution is 5.70. The molecule has 0 radical (unpaired) electrons. The zero-order valence-corrected chi connectivity index (χ0v) is 8.62. The molecule has 0 fully saturated rings. The summed E-state index contributed by atoms with van der Waals surface area (Å²) in [5.41, 5.74) is 8.27. The number of hydrogen-bond acceptors (Lipinski definition) is 3. The average molecular weight is 206 g/mol. The Kier molecular flexibility index (Phi) is 2.60. The number of hydrogen-bond donors (Lipinski definition) is 2. The van der Waals surface area contributed by atoms with Gasteiger partial charge in [-0.05, 0) is 36.1 Å². The van der Waals surface area contributed by atoms with Crippen molar-refractivity contribution in [2.45, 2.75) is 18.9 Å². The first kappa shape index (κ1) is 9.98. The van der Waals surface area contributed by atoms with E-state index >= 15 is 0 Å². The number of carbonyl (C=O) groups is 1. The molecule has 0 heterocycles. The van der Waals surface area contributed by atoms with Crippen molar-refractivity contribution in [1.29, 1.82) is 0 Å². The summed E-state index contributed by atoms with van der Waals surface area (Å²) in [7, 11) is 1.53. The highest BCUT2D eigenvalue weighted by atomic mass is 16.5. The second kappa shape index (κ2) is 3.90. The van der Waals surface area contributed by atoms with Crippen LogP contribution in [-0.2, 0) is 6.42 Å². The Labute approximate surface area is 88.4 Å². The third-order valence-electron chi connectivity index (χ3n) is 2.66. The van der Waals surface area contributed by atoms with Crippen molar-refractivity contribution >= 4 is 6.09 Å². The fourth-order valence-corrected chi connectivity index (χ4v) is 1.83. The Bertz CT molecular complexity index is 390. The summed E-state index contributed by atoms with van der Waals surface area (Å²) in [6.07, 6.45) is 1.52. The fourth-order valence-electron chi connectivity index (χ4n) is 1.83. The number of nitrogens with one attached hydrogen (secondary N) is 1. The van der Waals surface area contributed by atoms with Crippen LogP contribution < -0.4 is 15.8 Å². The monoisotopic (exact) mass is 206 g/mol. The van der Waals surface area contributed by atoms with Crippen LogP contribution in [0.25, 0.3) is 0 Å². The quantitative estimate of drug-likeness (QED) is 0.729. The van der Waals surface area contributed by atoms with E-state index in [1.54, 1.807) is 6.07 Å². The molecule has 1 aliphatic carbocycles. The minimum atomic E-state index is -0.457. The maximum absolute atomic E-state index is 11.0. The molecule has 1 atom stereocenters. The molecule has 0 spiro atoms. The van der Waals surface area contributed by atoms with Crippen LogP contribution in [-0.4, -0.2) is 13.1 Å². The first-order chi connectivity index (χ1) is 7.20. The Morgan fingerprint density at radius 3 is 3.13 bits per heavy atom. The third kappa shape index (κ3) is 1.94. The van der Waals surface area contributed by atoms with Crippen molar-refractivity contribution in [1.82, 2.24) is 5.32 Å². The van der Waals surface area contributed by atoms with Gasteiger partial charge in [0.25, 0.3) is 0 Å². The van der Waals surface area contributed by atoms with Gasteiger partial charge in [0.2, 0.25) is 0 Å². The smallest absolute Gasteiger partial charge is 0.410 e. The molecule has 0 saturated carbocycles. The molecule has 1 aromatic rings. The van der Waals surface area contributed by atoms with Crippen LogP contribution in [0.4, 0.5) is 4.79 Å². The van der Waals surface area contributed by atoms with Gasteiger partial charge >= 0.3 is 6.09 Å². The molecule has 15 heavy (non-hydrogen) atoms. The topological polar surface area (TPSA) is 64.3 Å². The molecular weight excluding hydrogens is 192 g/mol. The van der Waals surface area contributed by atoms with E-state index in [1.165, 1.54) is 12.6 Å². The van der Waals surface area contributed by atoms with Gasteiger partial charge in [-0.3, -0.25) is 0 Å². The lowest BCUT2D eigenvalue weighted by Crippen LogP contribution is -2.22. The Morgan fingerprint density at radius 2 is 2.40 bits per heavy atom. The van der Waals surface area contributed by atoms with Crippen LogP contribution in [0, 0.1) is 0 Å². The lowest BCUT2D eigenvalue weighted by atomic mass is 10.1. The Balaban J connectivity index is 2.21. The largest absolute Gasteiger partial charge is 0.412 e. The first-order valence-electron chi connectivity index (χ1n) is 4.98. The normalized spacial score (nSPS) is 18.4. The van der Waals surface area contributed by atoms with Gasteiger partial charge in [-0.15, -0.1) is 0 Å². The van der Waals surface area contributed by atoms with E-state index in [1.807, 2.05) is 12.1 Å². The van der Waals surface area contributed by atoms with Crippen LogP contribution >= 0.6 is 0 Å². The molecule has 2 rings (SSSR count). The predicted molar refractivity (Wildman–Crippen MR) is 56.8 cm³/mol. The number of rotatable bonds is 1.